The topological polar surface area (TPSA) is 69.7 Å². The molecule has 6 aromatic carbocycles. The minimum Gasteiger partial charge on any atom is -0.497 e. The normalized spacial score (nSPS) is 13.0. The molecule has 0 heterocycles. The second kappa shape index (κ2) is 13.4. The minimum absolute atomic E-state index is 0.200. The predicted octanol–water partition coefficient (Wildman–Crippen LogP) is 9.76. The third kappa shape index (κ3) is 7.05. The lowest BCUT2D eigenvalue weighted by Crippen LogP contribution is -2.18. The summed E-state index contributed by atoms with van der Waals surface area (Å²) in [6, 6.07) is 44.3. The van der Waals surface area contributed by atoms with Crippen molar-refractivity contribution in [3.05, 3.63) is 162 Å². The van der Waals surface area contributed by atoms with Crippen molar-refractivity contribution in [1.29, 1.82) is 0 Å². The van der Waals surface area contributed by atoms with Gasteiger partial charge < -0.3 is 9.47 Å². The van der Waals surface area contributed by atoms with Crippen LogP contribution in [-0.2, 0) is 24.8 Å². The van der Waals surface area contributed by atoms with Gasteiger partial charge in [-0.1, -0.05) is 80.1 Å². The van der Waals surface area contributed by atoms with Gasteiger partial charge in [-0.3, -0.25) is 4.21 Å². The molecule has 5 nitrogen and oxygen atoms in total. The first-order chi connectivity index (χ1) is 23.4. The molecule has 6 aromatic rings. The van der Waals surface area contributed by atoms with E-state index < -0.39 is 19.4 Å². The fourth-order valence-electron chi connectivity index (χ4n) is 5.66. The molecule has 0 aromatic heterocycles. The van der Waals surface area contributed by atoms with Gasteiger partial charge in [0.25, 0.3) is 0 Å². The van der Waals surface area contributed by atoms with E-state index in [-0.39, 0.29) is 15.2 Å². The minimum atomic E-state index is -3.61. The Bertz CT molecular complexity index is 2270. The van der Waals surface area contributed by atoms with Crippen molar-refractivity contribution in [2.24, 2.45) is 0 Å². The summed E-state index contributed by atoms with van der Waals surface area (Å²) >= 11 is 0. The predicted molar refractivity (Wildman–Crippen MR) is 198 cm³/mol. The van der Waals surface area contributed by atoms with Gasteiger partial charge in [-0.2, -0.15) is 0 Å². The largest absolute Gasteiger partial charge is 0.497 e. The Hall–Kier alpha value is -5.11. The molecule has 0 amide bonds. The Morgan fingerprint density at radius 2 is 0.837 bits per heavy atom. The third-order valence-corrected chi connectivity index (χ3v) is 12.7. The number of ether oxygens (including phenoxy) is 2. The van der Waals surface area contributed by atoms with Crippen LogP contribution >= 0.6 is 0 Å². The van der Waals surface area contributed by atoms with Crippen molar-refractivity contribution >= 4 is 25.2 Å². The SMILES string of the molecule is C=S(=O)(c1ccc(Oc2ccc(C(C)(C)c3ccc(OC)cc3)cc2)cc1)c1ccc(-c2ccc(S(=O)(=O)c3ccc(C)cc3)cc2)cc1. The van der Waals surface area contributed by atoms with Crippen molar-refractivity contribution in [2.45, 2.75) is 45.8 Å². The zero-order chi connectivity index (χ0) is 34.8. The molecule has 0 spiro atoms. The molecule has 49 heavy (non-hydrogen) atoms. The van der Waals surface area contributed by atoms with Gasteiger partial charge in [0.1, 0.15) is 17.2 Å². The van der Waals surface area contributed by atoms with E-state index in [1.807, 2.05) is 43.3 Å². The van der Waals surface area contributed by atoms with Crippen molar-refractivity contribution in [2.75, 3.05) is 7.11 Å². The van der Waals surface area contributed by atoms with Gasteiger partial charge in [0.05, 0.1) is 16.9 Å². The Morgan fingerprint density at radius 3 is 1.27 bits per heavy atom. The molecular formula is C42H38O5S2. The van der Waals surface area contributed by atoms with Crippen molar-refractivity contribution in [3.63, 3.8) is 0 Å². The van der Waals surface area contributed by atoms with Crippen LogP contribution in [0, 0.1) is 6.92 Å². The Balaban J connectivity index is 1.12. The molecule has 0 radical (unpaired) electrons. The highest BCUT2D eigenvalue weighted by Gasteiger charge is 2.23. The number of benzene rings is 6. The van der Waals surface area contributed by atoms with E-state index in [1.54, 1.807) is 92.0 Å². The summed E-state index contributed by atoms with van der Waals surface area (Å²) in [5, 5.41) is 0. The zero-order valence-electron chi connectivity index (χ0n) is 27.9. The lowest BCUT2D eigenvalue weighted by atomic mass is 9.78. The summed E-state index contributed by atoms with van der Waals surface area (Å²) < 4.78 is 51.4. The number of hydrogen-bond donors (Lipinski definition) is 0. The monoisotopic (exact) mass is 686 g/mol. The molecule has 0 bridgehead atoms. The molecule has 0 aliphatic rings. The maximum absolute atomic E-state index is 13.9. The summed E-state index contributed by atoms with van der Waals surface area (Å²) in [5.74, 6) is 6.24. The van der Waals surface area contributed by atoms with Gasteiger partial charge in [0.15, 0.2) is 0 Å². The number of sulfone groups is 1. The second-order valence-electron chi connectivity index (χ2n) is 12.5. The summed E-state index contributed by atoms with van der Waals surface area (Å²) in [5.41, 5.74) is 4.87. The van der Waals surface area contributed by atoms with Crippen LogP contribution in [0.15, 0.2) is 165 Å². The quantitative estimate of drug-likeness (QED) is 0.134. The highest BCUT2D eigenvalue weighted by atomic mass is 32.2. The van der Waals surface area contributed by atoms with Crippen LogP contribution < -0.4 is 9.47 Å². The molecular weight excluding hydrogens is 649 g/mol. The fraction of sp³-hybridized carbons (Fsp3) is 0.119. The van der Waals surface area contributed by atoms with Crippen LogP contribution in [-0.4, -0.2) is 25.6 Å². The van der Waals surface area contributed by atoms with Crippen molar-refractivity contribution in [3.8, 4) is 28.4 Å². The first-order valence-electron chi connectivity index (χ1n) is 15.8. The summed E-state index contributed by atoms with van der Waals surface area (Å²) in [4.78, 5) is 1.68. The molecule has 1 unspecified atom stereocenters. The van der Waals surface area contributed by atoms with Crippen LogP contribution in [0.3, 0.4) is 0 Å². The van der Waals surface area contributed by atoms with E-state index in [1.165, 1.54) is 5.56 Å². The summed E-state index contributed by atoms with van der Waals surface area (Å²) in [6.45, 7) is 6.29. The van der Waals surface area contributed by atoms with E-state index in [4.69, 9.17) is 9.47 Å². The molecule has 0 saturated heterocycles. The van der Waals surface area contributed by atoms with E-state index in [9.17, 15) is 12.6 Å². The molecule has 0 fully saturated rings. The van der Waals surface area contributed by atoms with E-state index >= 15 is 0 Å². The maximum atomic E-state index is 13.9. The van der Waals surface area contributed by atoms with Gasteiger partial charge in [0.2, 0.25) is 9.84 Å². The molecule has 1 atom stereocenters. The van der Waals surface area contributed by atoms with Crippen LogP contribution in [0.5, 0.6) is 17.2 Å². The van der Waals surface area contributed by atoms with E-state index in [0.717, 1.165) is 28.0 Å². The van der Waals surface area contributed by atoms with E-state index in [2.05, 4.69) is 44.0 Å². The van der Waals surface area contributed by atoms with Gasteiger partial charge in [-0.25, -0.2) is 8.42 Å². The highest BCUT2D eigenvalue weighted by Crippen LogP contribution is 2.35. The molecule has 0 aliphatic heterocycles. The molecule has 6 rings (SSSR count). The first-order valence-corrected chi connectivity index (χ1v) is 19.0. The number of hydrogen-bond acceptors (Lipinski definition) is 5. The lowest BCUT2D eigenvalue weighted by molar-refractivity contribution is 0.414. The number of methoxy groups -OCH3 is 1. The Morgan fingerprint density at radius 1 is 0.490 bits per heavy atom. The number of rotatable bonds is 10. The smallest absolute Gasteiger partial charge is 0.206 e. The van der Waals surface area contributed by atoms with Crippen molar-refractivity contribution in [1.82, 2.24) is 0 Å². The van der Waals surface area contributed by atoms with Crippen LogP contribution in [0.4, 0.5) is 0 Å². The average Bonchev–Trinajstić information content (AvgIpc) is 3.12. The first kappa shape index (κ1) is 33.8. The third-order valence-electron chi connectivity index (χ3n) is 8.89. The zero-order valence-corrected chi connectivity index (χ0v) is 29.6. The maximum Gasteiger partial charge on any atom is 0.206 e. The molecule has 0 aliphatic carbocycles. The van der Waals surface area contributed by atoms with Crippen LogP contribution in [0.1, 0.15) is 30.5 Å². The van der Waals surface area contributed by atoms with Crippen molar-refractivity contribution < 1.29 is 22.1 Å². The molecule has 7 heteroatoms. The summed E-state index contributed by atoms with van der Waals surface area (Å²) in [7, 11) is -4.73. The van der Waals surface area contributed by atoms with Gasteiger partial charge in [-0.05, 0) is 120 Å². The standard InChI is InChI=1S/C42H38O5S2/c1-30-6-22-40(23-7-30)49(44,45)41-26-10-32(11-27-41)31-8-24-38(25-9-31)48(5,43)39-28-20-37(21-29-39)47-36-18-14-34(15-19-36)42(2,3)33-12-16-35(46-4)17-13-33/h6-29H,5H2,1-4H3. The van der Waals surface area contributed by atoms with Gasteiger partial charge in [0, 0.05) is 24.7 Å². The molecule has 248 valence electrons. The lowest BCUT2D eigenvalue weighted by Gasteiger charge is -2.26. The van der Waals surface area contributed by atoms with Crippen LogP contribution in [0.2, 0.25) is 0 Å². The summed E-state index contributed by atoms with van der Waals surface area (Å²) in [6.07, 6.45) is 0. The number of aryl methyl sites for hydroxylation is 1. The Kier molecular flexibility index (Phi) is 9.25. The molecule has 0 saturated carbocycles. The van der Waals surface area contributed by atoms with Gasteiger partial charge >= 0.3 is 0 Å². The van der Waals surface area contributed by atoms with Crippen LogP contribution in [0.25, 0.3) is 11.1 Å². The second-order valence-corrected chi connectivity index (χ2v) is 16.7. The fourth-order valence-corrected chi connectivity index (χ4v) is 8.35. The highest BCUT2D eigenvalue weighted by molar-refractivity contribution is 8.00. The Labute approximate surface area is 289 Å². The average molecular weight is 687 g/mol. The van der Waals surface area contributed by atoms with E-state index in [0.29, 0.717) is 21.3 Å². The molecule has 0 N–H and O–H groups in total. The van der Waals surface area contributed by atoms with Gasteiger partial charge in [-0.15, -0.1) is 0 Å².